The molecule has 0 bridgehead atoms. The van der Waals surface area contributed by atoms with Gasteiger partial charge in [-0.15, -0.1) is 0 Å². The smallest absolute Gasteiger partial charge is 0.430 e. The van der Waals surface area contributed by atoms with Crippen molar-refractivity contribution in [2.24, 2.45) is 5.73 Å². The van der Waals surface area contributed by atoms with E-state index in [0.29, 0.717) is 6.42 Å². The van der Waals surface area contributed by atoms with E-state index in [0.717, 1.165) is 5.56 Å². The number of rotatable bonds is 4. The molecular formula is C8H12BNO2. The molecule has 1 rings (SSSR count). The third kappa shape index (κ3) is 3.05. The van der Waals surface area contributed by atoms with Crippen LogP contribution in [-0.4, -0.2) is 20.2 Å². The molecule has 0 aliphatic heterocycles. The molecule has 4 heteroatoms. The van der Waals surface area contributed by atoms with Crippen LogP contribution >= 0.6 is 0 Å². The van der Waals surface area contributed by atoms with Crippen molar-refractivity contribution in [3.05, 3.63) is 35.9 Å². The molecule has 0 radical (unpaired) electrons. The van der Waals surface area contributed by atoms with Crippen molar-refractivity contribution in [1.29, 1.82) is 1.34 Å². The van der Waals surface area contributed by atoms with Gasteiger partial charge in [-0.3, -0.25) is 0 Å². The van der Waals surface area contributed by atoms with E-state index in [2.05, 4.69) is 4.65 Å². The molecule has 64 valence electrons. The van der Waals surface area contributed by atoms with Gasteiger partial charge in [0.1, 0.15) is 0 Å². The predicted molar refractivity (Wildman–Crippen MR) is 48.6 cm³/mol. The van der Waals surface area contributed by atoms with E-state index in [1.54, 1.807) is 0 Å². The first-order valence-electron chi connectivity index (χ1n) is 4.31. The summed E-state index contributed by atoms with van der Waals surface area (Å²) < 4.78 is 11.4. The third-order valence-corrected chi connectivity index (χ3v) is 1.52. The molecule has 0 heterocycles. The van der Waals surface area contributed by atoms with E-state index in [9.17, 15) is 0 Å². The lowest BCUT2D eigenvalue weighted by Gasteiger charge is -2.10. The minimum absolute atomic E-state index is 0.497. The highest BCUT2D eigenvalue weighted by Gasteiger charge is 2.02. The zero-order chi connectivity index (χ0) is 9.68. The van der Waals surface area contributed by atoms with E-state index < -0.39 is 13.9 Å². The fourth-order valence-electron chi connectivity index (χ4n) is 0.973. The quantitative estimate of drug-likeness (QED) is 0.480. The maximum Gasteiger partial charge on any atom is 0.436 e. The molecule has 0 spiro atoms. The molecule has 12 heavy (non-hydrogen) atoms. The Labute approximate surface area is 73.8 Å². The normalized spacial score (nSPS) is 13.7. The van der Waals surface area contributed by atoms with Gasteiger partial charge in [0.15, 0.2) is 0 Å². The number of hydrogen-bond donors (Lipinski definition) is 2. The first-order chi connectivity index (χ1) is 6.18. The second kappa shape index (κ2) is 4.93. The van der Waals surface area contributed by atoms with E-state index in [-0.39, 0.29) is 0 Å². The van der Waals surface area contributed by atoms with E-state index in [4.69, 9.17) is 12.1 Å². The van der Waals surface area contributed by atoms with Crippen molar-refractivity contribution in [3.8, 4) is 0 Å². The molecule has 0 saturated carbocycles. The Balaban J connectivity index is 2.41. The van der Waals surface area contributed by atoms with Crippen LogP contribution in [0.15, 0.2) is 30.3 Å². The fourth-order valence-corrected chi connectivity index (χ4v) is 0.973. The van der Waals surface area contributed by atoms with Crippen LogP contribution in [0.1, 0.15) is 5.56 Å². The summed E-state index contributed by atoms with van der Waals surface area (Å²) in [5.74, 6) is 0. The van der Waals surface area contributed by atoms with Crippen LogP contribution in [0.4, 0.5) is 0 Å². The molecule has 0 amide bonds. The van der Waals surface area contributed by atoms with E-state index >= 15 is 0 Å². The Bertz CT molecular complexity index is 245. The monoisotopic (exact) mass is 166 g/mol. The number of benzene rings is 1. The van der Waals surface area contributed by atoms with Crippen LogP contribution in [-0.2, 0) is 11.1 Å². The van der Waals surface area contributed by atoms with Gasteiger partial charge in [-0.05, 0) is 5.56 Å². The summed E-state index contributed by atoms with van der Waals surface area (Å²) >= 11 is 0. The first-order valence-corrected chi connectivity index (χ1v) is 3.74. The molecule has 0 aromatic heterocycles. The van der Waals surface area contributed by atoms with Crippen molar-refractivity contribution < 1.29 is 9.68 Å². The van der Waals surface area contributed by atoms with Gasteiger partial charge >= 0.3 is 7.65 Å². The fraction of sp³-hybridized carbons (Fsp3) is 0.250. The predicted octanol–water partition coefficient (Wildman–Crippen LogP) is -0.211. The molecule has 3 N–H and O–H groups in total. The lowest BCUT2D eigenvalue weighted by Crippen LogP contribution is -2.27. The van der Waals surface area contributed by atoms with Gasteiger partial charge in [0, 0.05) is 6.42 Å². The minimum atomic E-state index is -1.56. The summed E-state index contributed by atoms with van der Waals surface area (Å²) in [6, 6.07) is 9.55. The lowest BCUT2D eigenvalue weighted by atomic mass is 10.1. The number of hydrogen-bond acceptors (Lipinski definition) is 3. The molecule has 0 aliphatic carbocycles. The van der Waals surface area contributed by atoms with Gasteiger partial charge < -0.3 is 15.4 Å². The largest absolute Gasteiger partial charge is 0.436 e. The summed E-state index contributed by atoms with van der Waals surface area (Å²) in [6.45, 7) is 0. The molecule has 1 aromatic carbocycles. The van der Waals surface area contributed by atoms with Crippen molar-refractivity contribution in [1.82, 2.24) is 0 Å². The van der Waals surface area contributed by atoms with Crippen LogP contribution in [0.25, 0.3) is 0 Å². The topological polar surface area (TPSA) is 55.5 Å². The number of nitrogens with two attached hydrogens (primary N) is 1. The summed E-state index contributed by atoms with van der Waals surface area (Å²) in [4.78, 5) is 0. The highest BCUT2D eigenvalue weighted by atomic mass is 16.5. The van der Waals surface area contributed by atoms with Gasteiger partial charge in [0.2, 0.25) is 0 Å². The summed E-state index contributed by atoms with van der Waals surface area (Å²) in [5.41, 5.74) is 6.53. The maximum atomic E-state index is 8.57. The Morgan fingerprint density at radius 3 is 2.83 bits per heavy atom. The molecule has 0 fully saturated rings. The molecule has 3 nitrogen and oxygen atoms in total. The standard InChI is InChI=1S/C8H12BNO2/c10-8(12-9-11)6-7-4-2-1-3-5-7/h1-5,8-9,11H,6,10H2/t8-/m1/s1/i9D. The van der Waals surface area contributed by atoms with Gasteiger partial charge in [-0.2, -0.15) is 0 Å². The van der Waals surface area contributed by atoms with E-state index in [1.165, 1.54) is 0 Å². The minimum Gasteiger partial charge on any atom is -0.430 e. The zero-order valence-electron chi connectivity index (χ0n) is 7.68. The lowest BCUT2D eigenvalue weighted by molar-refractivity contribution is 0.190. The average molecular weight is 166 g/mol. The van der Waals surface area contributed by atoms with Crippen LogP contribution in [0.5, 0.6) is 0 Å². The Morgan fingerprint density at radius 1 is 1.58 bits per heavy atom. The first kappa shape index (κ1) is 7.80. The molecule has 1 aromatic rings. The van der Waals surface area contributed by atoms with Crippen LogP contribution in [0, 0.1) is 0 Å². The average Bonchev–Trinajstić information content (AvgIpc) is 2.04. The van der Waals surface area contributed by atoms with Gasteiger partial charge in [-0.1, -0.05) is 30.3 Å². The second-order valence-corrected chi connectivity index (χ2v) is 2.47. The third-order valence-electron chi connectivity index (χ3n) is 1.52. The summed E-state index contributed by atoms with van der Waals surface area (Å²) in [6.07, 6.45) is -0.133. The Morgan fingerprint density at radius 2 is 2.25 bits per heavy atom. The zero-order valence-corrected chi connectivity index (χ0v) is 6.68. The Kier molecular flexibility index (Phi) is 3.20. The van der Waals surface area contributed by atoms with Gasteiger partial charge in [0.25, 0.3) is 0 Å². The highest BCUT2D eigenvalue weighted by Crippen LogP contribution is 2.01. The van der Waals surface area contributed by atoms with Gasteiger partial charge in [0.05, 0.1) is 7.56 Å². The van der Waals surface area contributed by atoms with Crippen LogP contribution < -0.4 is 5.73 Å². The van der Waals surface area contributed by atoms with Crippen molar-refractivity contribution >= 4 is 7.65 Å². The van der Waals surface area contributed by atoms with Crippen molar-refractivity contribution in [2.45, 2.75) is 12.6 Å². The summed E-state index contributed by atoms with van der Waals surface area (Å²) in [7, 11) is -1.56. The van der Waals surface area contributed by atoms with Crippen LogP contribution in [0.2, 0.25) is 0 Å². The molecule has 0 aliphatic rings. The maximum absolute atomic E-state index is 8.57. The van der Waals surface area contributed by atoms with Crippen molar-refractivity contribution in [3.63, 3.8) is 0 Å². The summed E-state index contributed by atoms with van der Waals surface area (Å²) in [5, 5.41) is 8.57. The molecule has 0 unspecified atom stereocenters. The van der Waals surface area contributed by atoms with Crippen molar-refractivity contribution in [2.75, 3.05) is 0 Å². The molecule has 1 atom stereocenters. The Hall–Kier alpha value is -0.835. The molecular weight excluding hydrogens is 153 g/mol. The SMILES string of the molecule is [2H]B(O)O[C@@H](N)Cc1ccccc1. The molecule has 0 saturated heterocycles. The highest BCUT2D eigenvalue weighted by molar-refractivity contribution is 6.15. The van der Waals surface area contributed by atoms with Gasteiger partial charge in [-0.25, -0.2) is 0 Å². The van der Waals surface area contributed by atoms with E-state index in [1.807, 2.05) is 30.3 Å². The second-order valence-electron chi connectivity index (χ2n) is 2.47. The van der Waals surface area contributed by atoms with Crippen LogP contribution in [0.3, 0.4) is 0 Å².